The summed E-state index contributed by atoms with van der Waals surface area (Å²) in [4.78, 5) is 0. The second kappa shape index (κ2) is 2.79. The number of aryl methyl sites for hydroxylation is 3. The van der Waals surface area contributed by atoms with Gasteiger partial charge in [0, 0.05) is 0 Å². The van der Waals surface area contributed by atoms with Gasteiger partial charge >= 0.3 is 70.5 Å². The Balaban J connectivity index is 3.31. The average Bonchev–Trinajstić information content (AvgIpc) is 1.82. The van der Waals surface area contributed by atoms with Crippen molar-refractivity contribution < 1.29 is 0 Å². The van der Waals surface area contributed by atoms with Crippen molar-refractivity contribution in [1.82, 2.24) is 0 Å². The second-order valence-corrected chi connectivity index (χ2v) is 4.36. The number of benzene rings is 1. The van der Waals surface area contributed by atoms with E-state index >= 15 is 0 Å². The molecule has 0 aromatic heterocycles. The van der Waals surface area contributed by atoms with E-state index in [9.17, 15) is 0 Å². The van der Waals surface area contributed by atoms with E-state index in [0.29, 0.717) is 0 Å². The molecule has 0 saturated carbocycles. The van der Waals surface area contributed by atoms with Crippen molar-refractivity contribution in [1.29, 1.82) is 0 Å². The van der Waals surface area contributed by atoms with Gasteiger partial charge in [0.2, 0.25) is 0 Å². The molecule has 1 aromatic rings. The molecule has 10 heavy (non-hydrogen) atoms. The molecule has 1 rings (SSSR count). The van der Waals surface area contributed by atoms with Crippen molar-refractivity contribution in [3.8, 4) is 0 Å². The van der Waals surface area contributed by atoms with Crippen LogP contribution in [0, 0.1) is 20.8 Å². The quantitative estimate of drug-likeness (QED) is 0.537. The minimum atomic E-state index is 1.28. The zero-order valence-electron chi connectivity index (χ0n) is 6.86. The van der Waals surface area contributed by atoms with E-state index < -0.39 is 0 Å². The van der Waals surface area contributed by atoms with Gasteiger partial charge in [-0.15, -0.1) is 0 Å². The van der Waals surface area contributed by atoms with Crippen LogP contribution in [0.25, 0.3) is 0 Å². The number of hydrogen-bond acceptors (Lipinski definition) is 0. The van der Waals surface area contributed by atoms with Gasteiger partial charge in [0.25, 0.3) is 0 Å². The Bertz CT molecular complexity index is 228. The van der Waals surface area contributed by atoms with E-state index in [1.807, 2.05) is 0 Å². The Morgan fingerprint density at radius 1 is 1.00 bits per heavy atom. The monoisotopic (exact) mass is 195 g/mol. The van der Waals surface area contributed by atoms with Gasteiger partial charge in [-0.25, -0.2) is 0 Å². The van der Waals surface area contributed by atoms with E-state index in [2.05, 4.69) is 32.9 Å². The summed E-state index contributed by atoms with van der Waals surface area (Å²) in [5.41, 5.74) is 4.29. The van der Waals surface area contributed by atoms with Crippen molar-refractivity contribution in [3.63, 3.8) is 0 Å². The Labute approximate surface area is 70.9 Å². The summed E-state index contributed by atoms with van der Waals surface area (Å²) in [7, 11) is 0. The van der Waals surface area contributed by atoms with Gasteiger partial charge in [-0.3, -0.25) is 0 Å². The van der Waals surface area contributed by atoms with Crippen molar-refractivity contribution in [3.05, 3.63) is 28.8 Å². The molecule has 0 nitrogen and oxygen atoms in total. The first-order chi connectivity index (χ1) is 4.61. The van der Waals surface area contributed by atoms with Crippen LogP contribution < -0.4 is 4.40 Å². The third kappa shape index (κ3) is 1.43. The molecular weight excluding hydrogens is 181 g/mol. The number of rotatable bonds is 0. The SMILES string of the molecule is Cc1cc(C)[c]([GeH2])c(C)c1. The molecule has 0 heterocycles. The van der Waals surface area contributed by atoms with Crippen molar-refractivity contribution in [2.45, 2.75) is 20.8 Å². The summed E-state index contributed by atoms with van der Waals surface area (Å²) >= 11 is 1.28. The van der Waals surface area contributed by atoms with Crippen molar-refractivity contribution in [2.24, 2.45) is 0 Å². The van der Waals surface area contributed by atoms with Gasteiger partial charge in [0.1, 0.15) is 0 Å². The van der Waals surface area contributed by atoms with Crippen LogP contribution in [0.4, 0.5) is 0 Å². The molecule has 53 valence electrons. The van der Waals surface area contributed by atoms with Gasteiger partial charge in [-0.1, -0.05) is 0 Å². The van der Waals surface area contributed by atoms with Crippen molar-refractivity contribution in [2.75, 3.05) is 0 Å². The maximum absolute atomic E-state index is 2.26. The topological polar surface area (TPSA) is 0 Å². The molecule has 0 N–H and O–H groups in total. The Morgan fingerprint density at radius 3 is 1.80 bits per heavy atom. The first-order valence-corrected chi connectivity index (χ1v) is 4.99. The number of hydrogen-bond donors (Lipinski definition) is 0. The molecule has 0 aliphatic carbocycles. The fourth-order valence-corrected chi connectivity index (χ4v) is 1.64. The summed E-state index contributed by atoms with van der Waals surface area (Å²) in [5.74, 6) is 0. The third-order valence-corrected chi connectivity index (χ3v) is 4.18. The fourth-order valence-electron chi connectivity index (χ4n) is 1.21. The van der Waals surface area contributed by atoms with Crippen molar-refractivity contribution >= 4 is 20.9 Å². The summed E-state index contributed by atoms with van der Waals surface area (Å²) in [6.45, 7) is 6.54. The maximum atomic E-state index is 2.26. The molecule has 0 bridgehead atoms. The van der Waals surface area contributed by atoms with Crippen LogP contribution in [0.1, 0.15) is 16.7 Å². The van der Waals surface area contributed by atoms with Gasteiger partial charge in [-0.2, -0.15) is 0 Å². The summed E-state index contributed by atoms with van der Waals surface area (Å²) in [6, 6.07) is 4.51. The zero-order valence-corrected chi connectivity index (χ0v) is 9.83. The molecule has 0 unspecified atom stereocenters. The van der Waals surface area contributed by atoms with Crippen LogP contribution >= 0.6 is 0 Å². The Morgan fingerprint density at radius 2 is 1.40 bits per heavy atom. The van der Waals surface area contributed by atoms with Gasteiger partial charge in [0.15, 0.2) is 0 Å². The molecule has 0 aliphatic rings. The van der Waals surface area contributed by atoms with E-state index in [4.69, 9.17) is 0 Å². The average molecular weight is 194 g/mol. The first-order valence-electron chi connectivity index (χ1n) is 3.51. The third-order valence-electron chi connectivity index (χ3n) is 1.84. The molecule has 0 fully saturated rings. The first kappa shape index (κ1) is 7.87. The van der Waals surface area contributed by atoms with E-state index in [1.54, 1.807) is 4.40 Å². The second-order valence-electron chi connectivity index (χ2n) is 2.88. The summed E-state index contributed by atoms with van der Waals surface area (Å²) in [6.07, 6.45) is 0. The van der Waals surface area contributed by atoms with Gasteiger partial charge in [0.05, 0.1) is 0 Å². The summed E-state index contributed by atoms with van der Waals surface area (Å²) in [5, 5.41) is 0. The van der Waals surface area contributed by atoms with Crippen LogP contribution in [-0.2, 0) is 0 Å². The minimum absolute atomic E-state index is 1.28. The molecule has 0 atom stereocenters. The van der Waals surface area contributed by atoms with E-state index in [-0.39, 0.29) is 0 Å². The predicted octanol–water partition coefficient (Wildman–Crippen LogP) is 0.870. The van der Waals surface area contributed by atoms with Gasteiger partial charge < -0.3 is 0 Å². The standard InChI is InChI=1S/C9H13Ge/c1-6-4-7(2)9(10)8(3)5-6/h4-5H,10H2,1-3H3. The molecule has 1 heteroatoms. The molecule has 0 saturated heterocycles. The molecule has 0 amide bonds. The van der Waals surface area contributed by atoms with Crippen LogP contribution in [0.15, 0.2) is 12.1 Å². The molecule has 0 spiro atoms. The normalized spacial score (nSPS) is 10.0. The molecular formula is C9H13Ge. The van der Waals surface area contributed by atoms with Crippen LogP contribution in [-0.4, -0.2) is 16.5 Å². The molecule has 1 aromatic carbocycles. The van der Waals surface area contributed by atoms with Gasteiger partial charge in [-0.05, 0) is 0 Å². The summed E-state index contributed by atoms with van der Waals surface area (Å²) < 4.78 is 1.55. The fraction of sp³-hybridized carbons (Fsp3) is 0.333. The Hall–Kier alpha value is -0.237. The zero-order chi connectivity index (χ0) is 7.72. The van der Waals surface area contributed by atoms with Crippen LogP contribution in [0.2, 0.25) is 0 Å². The van der Waals surface area contributed by atoms with E-state index in [1.165, 1.54) is 33.2 Å². The van der Waals surface area contributed by atoms with Crippen LogP contribution in [0.3, 0.4) is 0 Å². The molecule has 0 aliphatic heterocycles. The molecule has 1 radical (unpaired) electrons. The predicted molar refractivity (Wildman–Crippen MR) is 48.8 cm³/mol. The Kier molecular flexibility index (Phi) is 2.19. The van der Waals surface area contributed by atoms with E-state index in [0.717, 1.165) is 0 Å². The van der Waals surface area contributed by atoms with Crippen LogP contribution in [0.5, 0.6) is 0 Å².